The normalized spacial score (nSPS) is 12.5. The Bertz CT molecular complexity index is 385. The summed E-state index contributed by atoms with van der Waals surface area (Å²) in [5, 5.41) is 0.483. The predicted molar refractivity (Wildman–Crippen MR) is 66.8 cm³/mol. The summed E-state index contributed by atoms with van der Waals surface area (Å²) < 4.78 is 4.68. The number of carbonyl (C=O) groups is 1. The molecule has 0 spiro atoms. The molecule has 5 heteroatoms. The highest BCUT2D eigenvalue weighted by molar-refractivity contribution is 6.29. The highest BCUT2D eigenvalue weighted by atomic mass is 35.5. The minimum atomic E-state index is -0.198. The van der Waals surface area contributed by atoms with Crippen LogP contribution in [0.4, 0.5) is 0 Å². The molecule has 0 aromatic carbocycles. The van der Waals surface area contributed by atoms with E-state index in [9.17, 15) is 4.79 Å². The molecule has 1 aromatic heterocycles. The van der Waals surface area contributed by atoms with E-state index in [-0.39, 0.29) is 11.9 Å². The summed E-state index contributed by atoms with van der Waals surface area (Å²) in [6.45, 7) is 3.12. The van der Waals surface area contributed by atoms with E-state index in [0.29, 0.717) is 18.2 Å². The maximum absolute atomic E-state index is 11.3. The summed E-state index contributed by atoms with van der Waals surface area (Å²) >= 11 is 5.80. The molecule has 0 N–H and O–H groups in total. The Morgan fingerprint density at radius 3 is 2.88 bits per heavy atom. The second-order valence-electron chi connectivity index (χ2n) is 4.07. The van der Waals surface area contributed by atoms with Gasteiger partial charge in [-0.25, -0.2) is 4.98 Å². The molecule has 1 atom stereocenters. The van der Waals surface area contributed by atoms with Crippen LogP contribution in [0, 0.1) is 5.92 Å². The van der Waals surface area contributed by atoms with Crippen molar-refractivity contribution in [2.75, 3.05) is 20.7 Å². The molecule has 1 unspecified atom stereocenters. The Morgan fingerprint density at radius 1 is 1.59 bits per heavy atom. The highest BCUT2D eigenvalue weighted by Crippen LogP contribution is 2.08. The third-order valence-corrected chi connectivity index (χ3v) is 2.60. The number of hydrogen-bond donors (Lipinski definition) is 0. The van der Waals surface area contributed by atoms with Crippen LogP contribution in [0.25, 0.3) is 0 Å². The lowest BCUT2D eigenvalue weighted by Gasteiger charge is -2.19. The molecule has 0 aliphatic carbocycles. The van der Waals surface area contributed by atoms with Gasteiger partial charge in [0.2, 0.25) is 0 Å². The summed E-state index contributed by atoms with van der Waals surface area (Å²) in [6, 6.07) is 5.51. The Balaban J connectivity index is 2.49. The van der Waals surface area contributed by atoms with Crippen LogP contribution in [0.15, 0.2) is 18.2 Å². The molecular formula is C12H17ClN2O2. The number of rotatable bonds is 5. The molecular weight excluding hydrogens is 240 g/mol. The highest BCUT2D eigenvalue weighted by Gasteiger charge is 2.15. The number of carbonyl (C=O) groups excluding carboxylic acids is 1. The van der Waals surface area contributed by atoms with E-state index >= 15 is 0 Å². The first-order valence-electron chi connectivity index (χ1n) is 5.40. The first-order chi connectivity index (χ1) is 8.02. The van der Waals surface area contributed by atoms with Crippen LogP contribution in [0.3, 0.4) is 0 Å². The van der Waals surface area contributed by atoms with Gasteiger partial charge in [0.15, 0.2) is 0 Å². The van der Waals surface area contributed by atoms with Gasteiger partial charge < -0.3 is 4.74 Å². The third kappa shape index (κ3) is 4.71. The average Bonchev–Trinajstić information content (AvgIpc) is 2.27. The second-order valence-corrected chi connectivity index (χ2v) is 4.46. The standard InChI is InChI=1S/C12H17ClN2O2/c1-9(12(16)17-3)7-15(2)8-10-5-4-6-11(13)14-10/h4-6,9H,7-8H2,1-3H3. The number of esters is 1. The fourth-order valence-electron chi connectivity index (χ4n) is 1.62. The van der Waals surface area contributed by atoms with Crippen molar-refractivity contribution in [2.24, 2.45) is 5.92 Å². The van der Waals surface area contributed by atoms with E-state index in [2.05, 4.69) is 9.72 Å². The Morgan fingerprint density at radius 2 is 2.29 bits per heavy atom. The number of hydrogen-bond acceptors (Lipinski definition) is 4. The molecule has 1 aromatic rings. The van der Waals surface area contributed by atoms with Crippen molar-refractivity contribution in [3.63, 3.8) is 0 Å². The summed E-state index contributed by atoms with van der Waals surface area (Å²) in [4.78, 5) is 17.5. The van der Waals surface area contributed by atoms with Crippen LogP contribution in [0.5, 0.6) is 0 Å². The fraction of sp³-hybridized carbons (Fsp3) is 0.500. The number of pyridine rings is 1. The maximum atomic E-state index is 11.3. The van der Waals surface area contributed by atoms with E-state index < -0.39 is 0 Å². The lowest BCUT2D eigenvalue weighted by Crippen LogP contribution is -2.29. The summed E-state index contributed by atoms with van der Waals surface area (Å²) in [5.74, 6) is -0.347. The monoisotopic (exact) mass is 256 g/mol. The van der Waals surface area contributed by atoms with Gasteiger partial charge in [-0.05, 0) is 19.2 Å². The quantitative estimate of drug-likeness (QED) is 0.597. The maximum Gasteiger partial charge on any atom is 0.309 e. The van der Waals surface area contributed by atoms with Gasteiger partial charge in [-0.2, -0.15) is 0 Å². The molecule has 0 aliphatic heterocycles. The van der Waals surface area contributed by atoms with Gasteiger partial charge in [-0.1, -0.05) is 24.6 Å². The van der Waals surface area contributed by atoms with Gasteiger partial charge in [0.25, 0.3) is 0 Å². The molecule has 0 aliphatic rings. The number of ether oxygens (including phenoxy) is 1. The predicted octanol–water partition coefficient (Wildman–Crippen LogP) is 1.98. The molecule has 1 rings (SSSR count). The lowest BCUT2D eigenvalue weighted by molar-refractivity contribution is -0.145. The first kappa shape index (κ1) is 13.9. The minimum Gasteiger partial charge on any atom is -0.469 e. The molecule has 4 nitrogen and oxygen atoms in total. The van der Waals surface area contributed by atoms with Crippen molar-refractivity contribution in [1.82, 2.24) is 9.88 Å². The van der Waals surface area contributed by atoms with E-state index in [1.54, 1.807) is 6.07 Å². The molecule has 0 saturated carbocycles. The number of aromatic nitrogens is 1. The average molecular weight is 257 g/mol. The summed E-state index contributed by atoms with van der Waals surface area (Å²) in [6.07, 6.45) is 0. The van der Waals surface area contributed by atoms with Crippen molar-refractivity contribution < 1.29 is 9.53 Å². The van der Waals surface area contributed by atoms with Crippen molar-refractivity contribution in [2.45, 2.75) is 13.5 Å². The van der Waals surface area contributed by atoms with Gasteiger partial charge in [-0.15, -0.1) is 0 Å². The second kappa shape index (κ2) is 6.57. The molecule has 0 amide bonds. The van der Waals surface area contributed by atoms with Crippen molar-refractivity contribution in [1.29, 1.82) is 0 Å². The topological polar surface area (TPSA) is 42.4 Å². The van der Waals surface area contributed by atoms with Gasteiger partial charge >= 0.3 is 5.97 Å². The molecule has 0 bridgehead atoms. The van der Waals surface area contributed by atoms with Crippen LogP contribution in [-0.2, 0) is 16.1 Å². The van der Waals surface area contributed by atoms with Crippen LogP contribution in [0.1, 0.15) is 12.6 Å². The first-order valence-corrected chi connectivity index (χ1v) is 5.78. The zero-order chi connectivity index (χ0) is 12.8. The SMILES string of the molecule is COC(=O)C(C)CN(C)Cc1cccc(Cl)n1. The van der Waals surface area contributed by atoms with Crippen molar-refractivity contribution >= 4 is 17.6 Å². The van der Waals surface area contributed by atoms with Crippen LogP contribution in [-0.4, -0.2) is 36.6 Å². The molecule has 0 saturated heterocycles. The minimum absolute atomic E-state index is 0.149. The fourth-order valence-corrected chi connectivity index (χ4v) is 1.80. The van der Waals surface area contributed by atoms with Gasteiger partial charge in [0.1, 0.15) is 5.15 Å². The van der Waals surface area contributed by atoms with Crippen LogP contribution in [0.2, 0.25) is 5.15 Å². The summed E-state index contributed by atoms with van der Waals surface area (Å²) in [5.41, 5.74) is 0.886. The molecule has 17 heavy (non-hydrogen) atoms. The molecule has 1 heterocycles. The Hall–Kier alpha value is -1.13. The summed E-state index contributed by atoms with van der Waals surface area (Å²) in [7, 11) is 3.33. The largest absolute Gasteiger partial charge is 0.469 e. The molecule has 0 radical (unpaired) electrons. The van der Waals surface area contributed by atoms with E-state index in [1.165, 1.54) is 7.11 Å². The number of methoxy groups -OCH3 is 1. The van der Waals surface area contributed by atoms with Gasteiger partial charge in [0, 0.05) is 13.1 Å². The lowest BCUT2D eigenvalue weighted by atomic mass is 10.1. The number of halogens is 1. The van der Waals surface area contributed by atoms with Crippen LogP contribution >= 0.6 is 11.6 Å². The Labute approximate surface area is 107 Å². The zero-order valence-electron chi connectivity index (χ0n) is 10.3. The smallest absolute Gasteiger partial charge is 0.309 e. The van der Waals surface area contributed by atoms with Gasteiger partial charge in [-0.3, -0.25) is 9.69 Å². The van der Waals surface area contributed by atoms with Crippen LogP contribution < -0.4 is 0 Å². The van der Waals surface area contributed by atoms with E-state index in [0.717, 1.165) is 5.69 Å². The molecule has 94 valence electrons. The van der Waals surface area contributed by atoms with Crippen molar-refractivity contribution in [3.8, 4) is 0 Å². The zero-order valence-corrected chi connectivity index (χ0v) is 11.1. The van der Waals surface area contributed by atoms with Gasteiger partial charge in [0.05, 0.1) is 18.7 Å². The molecule has 0 fully saturated rings. The van der Waals surface area contributed by atoms with Crippen molar-refractivity contribution in [3.05, 3.63) is 29.0 Å². The third-order valence-electron chi connectivity index (χ3n) is 2.39. The number of nitrogens with zero attached hydrogens (tertiary/aromatic N) is 2. The van der Waals surface area contributed by atoms with E-state index in [4.69, 9.17) is 11.6 Å². The Kier molecular flexibility index (Phi) is 5.38. The van der Waals surface area contributed by atoms with E-state index in [1.807, 2.05) is 31.0 Å².